The smallest absolute Gasteiger partial charge is 0.417 e. The van der Waals surface area contributed by atoms with Gasteiger partial charge in [0.05, 0.1) is 21.2 Å². The normalized spacial score (nSPS) is 13.4. The average Bonchev–Trinajstić information content (AvgIpc) is 2.55. The van der Waals surface area contributed by atoms with Crippen molar-refractivity contribution in [2.75, 3.05) is 0 Å². The lowest BCUT2D eigenvalue weighted by Crippen LogP contribution is -2.18. The first-order valence-electron chi connectivity index (χ1n) is 7.27. The average molecular weight is 408 g/mol. The van der Waals surface area contributed by atoms with Crippen molar-refractivity contribution >= 4 is 27.4 Å². The molecule has 0 bridgehead atoms. The molecular formula is C16H13ClF3NO4S. The van der Waals surface area contributed by atoms with Crippen LogP contribution in [0.2, 0.25) is 5.02 Å². The third-order valence-electron chi connectivity index (χ3n) is 3.57. The summed E-state index contributed by atoms with van der Waals surface area (Å²) in [6.07, 6.45) is -5.11. The monoisotopic (exact) mass is 407 g/mol. The van der Waals surface area contributed by atoms with Crippen LogP contribution >= 0.6 is 11.6 Å². The maximum Gasteiger partial charge on any atom is 0.417 e. The van der Waals surface area contributed by atoms with Crippen molar-refractivity contribution < 1.29 is 31.5 Å². The zero-order valence-corrected chi connectivity index (χ0v) is 14.6. The molecule has 0 amide bonds. The second-order valence-electron chi connectivity index (χ2n) is 5.37. The lowest BCUT2D eigenvalue weighted by Gasteiger charge is -2.19. The van der Waals surface area contributed by atoms with Gasteiger partial charge >= 0.3 is 12.1 Å². The third kappa shape index (κ3) is 4.53. The van der Waals surface area contributed by atoms with Crippen LogP contribution in [0.1, 0.15) is 29.3 Å². The fourth-order valence-corrected chi connectivity index (χ4v) is 4.45. The number of carboxylic acids is 1. The van der Waals surface area contributed by atoms with E-state index in [-0.39, 0.29) is 17.0 Å². The number of aliphatic carboxylic acids is 1. The number of nitrogens with zero attached hydrogens (tertiary/aromatic N) is 1. The minimum atomic E-state index is -4.69. The van der Waals surface area contributed by atoms with Crippen LogP contribution in [0.3, 0.4) is 0 Å². The van der Waals surface area contributed by atoms with Crippen molar-refractivity contribution in [3.05, 3.63) is 58.9 Å². The largest absolute Gasteiger partial charge is 0.481 e. The fourth-order valence-electron chi connectivity index (χ4n) is 2.31. The van der Waals surface area contributed by atoms with Gasteiger partial charge in [0.1, 0.15) is 5.25 Å². The molecule has 140 valence electrons. The van der Waals surface area contributed by atoms with Gasteiger partial charge in [-0.15, -0.1) is 0 Å². The topological polar surface area (TPSA) is 84.3 Å². The van der Waals surface area contributed by atoms with Crippen molar-refractivity contribution in [2.24, 2.45) is 0 Å². The van der Waals surface area contributed by atoms with Gasteiger partial charge in [-0.2, -0.15) is 13.2 Å². The summed E-state index contributed by atoms with van der Waals surface area (Å²) in [5.41, 5.74) is -1.44. The summed E-state index contributed by atoms with van der Waals surface area (Å²) in [7, 11) is -4.11. The van der Waals surface area contributed by atoms with E-state index in [1.165, 1.54) is 24.3 Å². The number of sulfone groups is 1. The summed E-state index contributed by atoms with van der Waals surface area (Å²) in [4.78, 5) is 14.4. The molecule has 0 aliphatic rings. The van der Waals surface area contributed by atoms with Crippen LogP contribution in [0.4, 0.5) is 13.2 Å². The molecule has 1 N–H and O–H groups in total. The van der Waals surface area contributed by atoms with Crippen LogP contribution in [0.25, 0.3) is 0 Å². The van der Waals surface area contributed by atoms with Crippen molar-refractivity contribution in [1.29, 1.82) is 0 Å². The summed E-state index contributed by atoms with van der Waals surface area (Å²) in [5.74, 6) is -1.25. The Morgan fingerprint density at radius 2 is 1.85 bits per heavy atom. The van der Waals surface area contributed by atoms with E-state index < -0.39 is 44.2 Å². The van der Waals surface area contributed by atoms with E-state index in [1.54, 1.807) is 6.07 Å². The number of alkyl halides is 3. The number of benzene rings is 1. The predicted molar refractivity (Wildman–Crippen MR) is 87.5 cm³/mol. The lowest BCUT2D eigenvalue weighted by atomic mass is 10.1. The molecule has 0 saturated carbocycles. The van der Waals surface area contributed by atoms with Crippen molar-refractivity contribution in [2.45, 2.75) is 29.2 Å². The molecule has 10 heteroatoms. The molecule has 1 aromatic carbocycles. The van der Waals surface area contributed by atoms with Gasteiger partial charge in [-0.25, -0.2) is 8.42 Å². The highest BCUT2D eigenvalue weighted by atomic mass is 35.5. The quantitative estimate of drug-likeness (QED) is 0.778. The van der Waals surface area contributed by atoms with Gasteiger partial charge < -0.3 is 5.11 Å². The van der Waals surface area contributed by atoms with Crippen LogP contribution in [-0.2, 0) is 20.8 Å². The Balaban J connectivity index is 2.54. The van der Waals surface area contributed by atoms with Gasteiger partial charge in [0.2, 0.25) is 0 Å². The zero-order chi connectivity index (χ0) is 19.5. The van der Waals surface area contributed by atoms with Crippen LogP contribution in [0.5, 0.6) is 0 Å². The molecular weight excluding hydrogens is 395 g/mol. The SMILES string of the molecule is O=C(O)CC[C@H](c1ncc(C(F)(F)F)cc1Cl)S(=O)(=O)c1ccccc1. The lowest BCUT2D eigenvalue weighted by molar-refractivity contribution is -0.138. The van der Waals surface area contributed by atoms with E-state index in [0.717, 1.165) is 0 Å². The molecule has 0 unspecified atom stereocenters. The number of hydrogen-bond donors (Lipinski definition) is 1. The van der Waals surface area contributed by atoms with Crippen LogP contribution in [-0.4, -0.2) is 24.5 Å². The Hall–Kier alpha value is -2.13. The number of carbonyl (C=O) groups is 1. The molecule has 1 heterocycles. The molecule has 1 aromatic heterocycles. The van der Waals surface area contributed by atoms with E-state index in [2.05, 4.69) is 4.98 Å². The zero-order valence-electron chi connectivity index (χ0n) is 13.1. The van der Waals surface area contributed by atoms with Crippen LogP contribution in [0.15, 0.2) is 47.5 Å². The number of rotatable bonds is 6. The number of halogens is 4. The van der Waals surface area contributed by atoms with Crippen LogP contribution in [0, 0.1) is 0 Å². The Labute approximate surface area is 152 Å². The van der Waals surface area contributed by atoms with Gasteiger partial charge in [-0.3, -0.25) is 9.78 Å². The Morgan fingerprint density at radius 1 is 1.23 bits per heavy atom. The van der Waals surface area contributed by atoms with Crippen molar-refractivity contribution in [3.63, 3.8) is 0 Å². The second-order valence-corrected chi connectivity index (χ2v) is 7.91. The Morgan fingerprint density at radius 3 is 2.35 bits per heavy atom. The Kier molecular flexibility index (Phi) is 5.92. The highest BCUT2D eigenvalue weighted by molar-refractivity contribution is 7.91. The number of carboxylic acid groups (broad SMARTS) is 1. The molecule has 0 fully saturated rings. The summed E-state index contributed by atoms with van der Waals surface area (Å²) in [6.45, 7) is 0. The summed E-state index contributed by atoms with van der Waals surface area (Å²) in [5, 5.41) is 6.89. The maximum atomic E-state index is 12.9. The predicted octanol–water partition coefficient (Wildman–Crippen LogP) is 4.13. The van der Waals surface area contributed by atoms with Gasteiger partial charge in [-0.05, 0) is 24.6 Å². The molecule has 1 atom stereocenters. The number of hydrogen-bond acceptors (Lipinski definition) is 4. The third-order valence-corrected chi connectivity index (χ3v) is 6.01. The molecule has 2 rings (SSSR count). The molecule has 2 aromatic rings. The summed E-state index contributed by atoms with van der Waals surface area (Å²) >= 11 is 5.86. The first-order valence-corrected chi connectivity index (χ1v) is 9.19. The fraction of sp³-hybridized carbons (Fsp3) is 0.250. The van der Waals surface area contributed by atoms with E-state index in [4.69, 9.17) is 16.7 Å². The van der Waals surface area contributed by atoms with Crippen molar-refractivity contribution in [1.82, 2.24) is 4.98 Å². The second kappa shape index (κ2) is 7.63. The van der Waals surface area contributed by atoms with E-state index >= 15 is 0 Å². The van der Waals surface area contributed by atoms with Gasteiger partial charge in [0.25, 0.3) is 0 Å². The van der Waals surface area contributed by atoms with Crippen LogP contribution < -0.4 is 0 Å². The molecule has 0 radical (unpaired) electrons. The molecule has 0 aliphatic carbocycles. The first kappa shape index (κ1) is 20.2. The molecule has 26 heavy (non-hydrogen) atoms. The number of aromatic nitrogens is 1. The summed E-state index contributed by atoms with van der Waals surface area (Å²) in [6, 6.07) is 7.74. The van der Waals surface area contributed by atoms with E-state index in [9.17, 15) is 26.4 Å². The van der Waals surface area contributed by atoms with Gasteiger partial charge in [-0.1, -0.05) is 29.8 Å². The standard InChI is InChI=1S/C16H13ClF3NO4S/c17-12-8-10(16(18,19)20)9-21-15(12)13(6-7-14(22)23)26(24,25)11-4-2-1-3-5-11/h1-5,8-9,13H,6-7H2,(H,22,23)/t13-/m1/s1. The minimum Gasteiger partial charge on any atom is -0.481 e. The number of pyridine rings is 1. The van der Waals surface area contributed by atoms with E-state index in [0.29, 0.717) is 12.3 Å². The molecule has 0 aliphatic heterocycles. The van der Waals surface area contributed by atoms with Gasteiger partial charge in [0.15, 0.2) is 9.84 Å². The van der Waals surface area contributed by atoms with Crippen molar-refractivity contribution in [3.8, 4) is 0 Å². The maximum absolute atomic E-state index is 12.9. The molecule has 5 nitrogen and oxygen atoms in total. The first-order chi connectivity index (χ1) is 12.0. The summed E-state index contributed by atoms with van der Waals surface area (Å²) < 4.78 is 64.0. The molecule has 0 spiro atoms. The highest BCUT2D eigenvalue weighted by Gasteiger charge is 2.35. The minimum absolute atomic E-state index is 0.104. The van der Waals surface area contributed by atoms with Gasteiger partial charge in [0, 0.05) is 12.6 Å². The van der Waals surface area contributed by atoms with E-state index in [1.807, 2.05) is 0 Å². The highest BCUT2D eigenvalue weighted by Crippen LogP contribution is 2.38. The Bertz CT molecular complexity index is 901. The molecule has 0 saturated heterocycles.